The fourth-order valence-corrected chi connectivity index (χ4v) is 14.4. The van der Waals surface area contributed by atoms with Gasteiger partial charge in [-0.05, 0) is 27.4 Å². The molecular weight excluding hydrogens is 915 g/mol. The summed E-state index contributed by atoms with van der Waals surface area (Å²) in [7, 11) is 64.1. The monoisotopic (exact) mass is 977 g/mol. The van der Waals surface area contributed by atoms with Crippen molar-refractivity contribution in [2.24, 2.45) is 0 Å². The molecular formula is C45H56B28N4O. The molecule has 0 bridgehead atoms. The Balaban J connectivity index is 1.34. The summed E-state index contributed by atoms with van der Waals surface area (Å²) < 4.78 is 10.1. The Morgan fingerprint density at radius 1 is 0.205 bits per heavy atom. The lowest BCUT2D eigenvalue weighted by atomic mass is 9.57. The van der Waals surface area contributed by atoms with Gasteiger partial charge >= 0.3 is 0 Å². The van der Waals surface area contributed by atoms with Crippen molar-refractivity contribution in [3.63, 3.8) is 0 Å². The summed E-state index contributed by atoms with van der Waals surface area (Å²) in [5.41, 5.74) is 47.5. The van der Waals surface area contributed by atoms with Gasteiger partial charge in [0.2, 0.25) is 0 Å². The summed E-state index contributed by atoms with van der Waals surface area (Å²) in [5, 5.41) is 5.07. The lowest BCUT2D eigenvalue weighted by molar-refractivity contribution is 0.674. The standard InChI is InChI=1S/C45H56B28N4O/c46-10-2(1-11(47)24(60)31(67)25(61)12(1)48)21(57)38-3(13(10)49)4-14(50)26(62)34(70)35(71)39(4)77(38)40-22(58)6-5-15(51)16(52)9(23(59)41(5)78-42(6)37(73)36(40)72)45-75-43(7-17(53)27(63)32(68)28(64)18(7)54)74-44(76-45)8-19(55)29(65)33(69)30(66)20(8)56/h46-73H2. The summed E-state index contributed by atoms with van der Waals surface area (Å²) in [5.74, 6) is 2.10. The van der Waals surface area contributed by atoms with Crippen molar-refractivity contribution in [3.8, 4) is 51.0 Å². The van der Waals surface area contributed by atoms with Gasteiger partial charge in [0.1, 0.15) is 231 Å². The quantitative estimate of drug-likeness (QED) is 0.161. The number of nitrogens with zero attached hydrogens (tertiary/aromatic N) is 4. The highest BCUT2D eigenvalue weighted by molar-refractivity contribution is 6.75. The number of benzene rings is 7. The smallest absolute Gasteiger partial charge is 0.163 e. The maximum absolute atomic E-state index is 7.41. The summed E-state index contributed by atoms with van der Waals surface area (Å²) in [6, 6.07) is 0. The molecule has 10 aromatic rings. The Hall–Kier alpha value is -5.03. The van der Waals surface area contributed by atoms with Gasteiger partial charge in [-0.2, -0.15) is 0 Å². The zero-order valence-corrected chi connectivity index (χ0v) is 52.7. The van der Waals surface area contributed by atoms with Crippen LogP contribution < -0.4 is 153 Å². The highest BCUT2D eigenvalue weighted by Gasteiger charge is 2.31. The van der Waals surface area contributed by atoms with E-state index in [1.54, 1.807) is 0 Å². The van der Waals surface area contributed by atoms with Gasteiger partial charge in [0.15, 0.2) is 17.5 Å². The van der Waals surface area contributed by atoms with E-state index in [0.717, 1.165) is 49.6 Å². The zero-order valence-electron chi connectivity index (χ0n) is 52.7. The maximum Gasteiger partial charge on any atom is 0.163 e. The second-order valence-corrected chi connectivity index (χ2v) is 24.3. The van der Waals surface area contributed by atoms with E-state index in [1.807, 2.05) is 0 Å². The molecule has 0 saturated heterocycles. The lowest BCUT2D eigenvalue weighted by Crippen LogP contribution is -2.56. The van der Waals surface area contributed by atoms with Crippen LogP contribution in [0.3, 0.4) is 0 Å². The first-order chi connectivity index (χ1) is 36.4. The molecule has 0 aliphatic carbocycles. The van der Waals surface area contributed by atoms with Crippen molar-refractivity contribution in [3.05, 3.63) is 0 Å². The molecule has 33 heteroatoms. The molecule has 0 amide bonds. The van der Waals surface area contributed by atoms with Crippen molar-refractivity contribution >= 4 is 416 Å². The van der Waals surface area contributed by atoms with Crippen molar-refractivity contribution in [1.29, 1.82) is 0 Å². The van der Waals surface area contributed by atoms with E-state index >= 15 is 0 Å². The number of aromatic nitrogens is 4. The van der Waals surface area contributed by atoms with Crippen molar-refractivity contribution in [2.45, 2.75) is 0 Å². The largest absolute Gasteiger partial charge is 0.457 e. The minimum atomic E-state index is 0.674. The normalized spacial score (nSPS) is 11.7. The molecule has 7 aromatic carbocycles. The van der Waals surface area contributed by atoms with Gasteiger partial charge in [0.05, 0.1) is 0 Å². The number of fused-ring (bicyclic) bond motifs is 6. The topological polar surface area (TPSA) is 56.7 Å². The molecule has 0 aliphatic heterocycles. The van der Waals surface area contributed by atoms with Crippen LogP contribution in [0.5, 0.6) is 0 Å². The average Bonchev–Trinajstić information content (AvgIpc) is 3.72. The fraction of sp³-hybridized carbons (Fsp3) is 0. The summed E-state index contributed by atoms with van der Waals surface area (Å²) >= 11 is 0. The Labute approximate surface area is 488 Å². The molecule has 0 saturated carbocycles. The van der Waals surface area contributed by atoms with Gasteiger partial charge in [0, 0.05) is 44.2 Å². The van der Waals surface area contributed by atoms with Crippen molar-refractivity contribution < 1.29 is 4.42 Å². The highest BCUT2D eigenvalue weighted by atomic mass is 16.3. The fourth-order valence-electron chi connectivity index (χ4n) is 14.4. The molecule has 0 unspecified atom stereocenters. The Kier molecular flexibility index (Phi) is 13.9. The first-order valence-corrected chi connectivity index (χ1v) is 28.4. The van der Waals surface area contributed by atoms with E-state index in [2.05, 4.69) is 224 Å². The van der Waals surface area contributed by atoms with Gasteiger partial charge in [-0.25, -0.2) is 15.0 Å². The van der Waals surface area contributed by atoms with Gasteiger partial charge in [-0.1, -0.05) is 92.9 Å². The number of furan rings is 1. The third-order valence-electron chi connectivity index (χ3n) is 21.3. The van der Waals surface area contributed by atoms with Crippen LogP contribution in [0.1, 0.15) is 0 Å². The van der Waals surface area contributed by atoms with Gasteiger partial charge in [-0.3, -0.25) is 0 Å². The van der Waals surface area contributed by atoms with Crippen LogP contribution in [-0.2, 0) is 0 Å². The zero-order chi connectivity index (χ0) is 57.4. The second-order valence-electron chi connectivity index (χ2n) is 24.3. The van der Waals surface area contributed by atoms with E-state index in [9.17, 15) is 0 Å². The molecule has 10 rings (SSSR count). The Morgan fingerprint density at radius 3 is 0.885 bits per heavy atom. The van der Waals surface area contributed by atoms with Crippen molar-refractivity contribution in [2.75, 3.05) is 0 Å². The number of hydrogen-bond acceptors (Lipinski definition) is 4. The van der Waals surface area contributed by atoms with Crippen molar-refractivity contribution in [1.82, 2.24) is 19.5 Å². The van der Waals surface area contributed by atoms with E-state index in [4.69, 9.17) is 19.4 Å². The van der Waals surface area contributed by atoms with E-state index in [-0.39, 0.29) is 0 Å². The molecule has 0 aliphatic rings. The number of rotatable bonds is 5. The van der Waals surface area contributed by atoms with Crippen LogP contribution in [0.25, 0.3) is 94.7 Å². The summed E-state index contributed by atoms with van der Waals surface area (Å²) in [4.78, 5) is 16.6. The van der Waals surface area contributed by atoms with Crippen LogP contribution in [0.15, 0.2) is 4.42 Å². The lowest BCUT2D eigenvalue weighted by Gasteiger charge is -2.26. The first-order valence-electron chi connectivity index (χ1n) is 28.4. The van der Waals surface area contributed by atoms with Crippen LogP contribution in [0.2, 0.25) is 0 Å². The van der Waals surface area contributed by atoms with E-state index in [1.165, 1.54) is 181 Å². The van der Waals surface area contributed by atoms with Crippen LogP contribution in [-0.4, -0.2) is 239 Å². The van der Waals surface area contributed by atoms with Gasteiger partial charge < -0.3 is 8.98 Å². The highest BCUT2D eigenvalue weighted by Crippen LogP contribution is 2.32. The molecule has 346 valence electrons. The average molecular weight is 972 g/mol. The van der Waals surface area contributed by atoms with E-state index < -0.39 is 0 Å². The van der Waals surface area contributed by atoms with Gasteiger partial charge in [-0.15, -0.1) is 54.6 Å². The maximum atomic E-state index is 7.41. The molecule has 0 fully saturated rings. The Morgan fingerprint density at radius 2 is 0.462 bits per heavy atom. The summed E-state index contributed by atoms with van der Waals surface area (Å²) in [6.45, 7) is 0. The van der Waals surface area contributed by atoms with Crippen LogP contribution in [0.4, 0.5) is 0 Å². The second kappa shape index (κ2) is 19.3. The molecule has 0 spiro atoms. The summed E-state index contributed by atoms with van der Waals surface area (Å²) in [6.07, 6.45) is 0. The minimum Gasteiger partial charge on any atom is -0.457 e. The van der Waals surface area contributed by atoms with Gasteiger partial charge in [0.25, 0.3) is 0 Å². The molecule has 3 heterocycles. The predicted octanol–water partition coefficient (Wildman–Crippen LogP) is -37.2. The van der Waals surface area contributed by atoms with Crippen LogP contribution >= 0.6 is 0 Å². The predicted molar refractivity (Wildman–Crippen MR) is 432 cm³/mol. The molecule has 78 heavy (non-hydrogen) atoms. The number of hydrogen-bond donors (Lipinski definition) is 0. The molecule has 0 N–H and O–H groups in total. The SMILES string of the molecule is Bc1c(B)c(B)c(-c2nc(-c3c(B)c(B)c(B)c(B)c3B)nc(-c3c(B)c(B)c4c(oc5c(B)c(B)c(-n6c7c(B)c(B)c(B)c(B)c7c7c(B)c(B)c(-c8c(B)c(B)c(B)c(B)c8B)c(B)c76)c(B)c54)c3B)n2)c(B)c1B. The molecule has 0 atom stereocenters. The van der Waals surface area contributed by atoms with Crippen LogP contribution in [0, 0.1) is 0 Å². The van der Waals surface area contributed by atoms with E-state index in [0.29, 0.717) is 17.5 Å². The molecule has 0 radical (unpaired) electrons. The first kappa shape index (κ1) is 56.3. The third-order valence-corrected chi connectivity index (χ3v) is 21.3. The molecule has 5 nitrogen and oxygen atoms in total. The Bertz CT molecular complexity index is 4320. The molecule has 3 aromatic heterocycles. The minimum absolute atomic E-state index is 0.674. The third kappa shape index (κ3) is 7.52.